The molecule has 41 heavy (non-hydrogen) atoms. The Morgan fingerprint density at radius 1 is 1.24 bits per heavy atom. The summed E-state index contributed by atoms with van der Waals surface area (Å²) in [4.78, 5) is 24.9. The highest BCUT2D eigenvalue weighted by Gasteiger charge is 2.32. The SMILES string of the molecule is CS(=N)(=O)c1cccc(Cl)c1C1CC(c2csc(C3CCN(C(=O)Cn4nc(C(F)F)cc4C(F)F)CC3)n2)=NO1. The van der Waals surface area contributed by atoms with E-state index in [1.807, 2.05) is 5.38 Å². The second kappa shape index (κ2) is 11.7. The minimum absolute atomic E-state index is 0.0616. The van der Waals surface area contributed by atoms with Crippen LogP contribution in [0.15, 0.2) is 39.7 Å². The molecule has 0 aliphatic carbocycles. The molecule has 16 heteroatoms. The molecule has 4 heterocycles. The summed E-state index contributed by atoms with van der Waals surface area (Å²) < 4.78 is 73.6. The first-order valence-electron chi connectivity index (χ1n) is 12.5. The summed E-state index contributed by atoms with van der Waals surface area (Å²) in [6, 6.07) is 5.52. The quantitative estimate of drug-likeness (QED) is 0.298. The van der Waals surface area contributed by atoms with Crippen LogP contribution in [-0.4, -0.2) is 54.8 Å². The van der Waals surface area contributed by atoms with Gasteiger partial charge in [0.1, 0.15) is 23.6 Å². The number of likely N-dealkylation sites (tertiary alicyclic amines) is 1. The van der Waals surface area contributed by atoms with Crippen molar-refractivity contribution in [3.8, 4) is 0 Å². The fourth-order valence-corrected chi connectivity index (χ4v) is 7.28. The molecule has 0 bridgehead atoms. The summed E-state index contributed by atoms with van der Waals surface area (Å²) in [5.74, 6) is -0.410. The number of aromatic nitrogens is 3. The lowest BCUT2D eigenvalue weighted by molar-refractivity contribution is -0.133. The van der Waals surface area contributed by atoms with Crippen molar-refractivity contribution in [1.29, 1.82) is 4.78 Å². The van der Waals surface area contributed by atoms with Gasteiger partial charge in [0.2, 0.25) is 5.91 Å². The molecule has 1 aromatic carbocycles. The predicted molar refractivity (Wildman–Crippen MR) is 144 cm³/mol. The van der Waals surface area contributed by atoms with Gasteiger partial charge in [0.25, 0.3) is 12.9 Å². The van der Waals surface area contributed by atoms with Gasteiger partial charge in [-0.3, -0.25) is 9.48 Å². The van der Waals surface area contributed by atoms with Crippen molar-refractivity contribution in [2.24, 2.45) is 5.16 Å². The maximum Gasteiger partial charge on any atom is 0.282 e. The van der Waals surface area contributed by atoms with Crippen LogP contribution in [0.3, 0.4) is 0 Å². The molecule has 2 unspecified atom stereocenters. The second-order valence-electron chi connectivity index (χ2n) is 9.81. The number of piperidine rings is 1. The summed E-state index contributed by atoms with van der Waals surface area (Å²) in [5.41, 5.74) is 0.206. The summed E-state index contributed by atoms with van der Waals surface area (Å²) in [6.07, 6.45) is -3.81. The zero-order valence-corrected chi connectivity index (χ0v) is 24.0. The van der Waals surface area contributed by atoms with Crippen molar-refractivity contribution >= 4 is 44.3 Å². The molecule has 2 aliphatic rings. The van der Waals surface area contributed by atoms with Gasteiger partial charge >= 0.3 is 0 Å². The monoisotopic (exact) mass is 632 g/mol. The van der Waals surface area contributed by atoms with Crippen LogP contribution in [0.5, 0.6) is 0 Å². The number of amides is 1. The Morgan fingerprint density at radius 2 is 1.98 bits per heavy atom. The van der Waals surface area contributed by atoms with Crippen LogP contribution in [0.4, 0.5) is 17.6 Å². The highest BCUT2D eigenvalue weighted by molar-refractivity contribution is 7.91. The van der Waals surface area contributed by atoms with Crippen molar-refractivity contribution in [2.75, 3.05) is 19.3 Å². The third-order valence-electron chi connectivity index (χ3n) is 7.00. The van der Waals surface area contributed by atoms with E-state index in [4.69, 9.17) is 26.2 Å². The number of halogens is 5. The van der Waals surface area contributed by atoms with Crippen LogP contribution in [-0.2, 0) is 25.9 Å². The molecule has 2 aromatic heterocycles. The molecule has 2 aliphatic heterocycles. The number of alkyl halides is 4. The molecule has 5 rings (SSSR count). The average molecular weight is 633 g/mol. The molecule has 9 nitrogen and oxygen atoms in total. The molecular formula is C25H25ClF4N6O3S2. The van der Waals surface area contributed by atoms with E-state index in [1.165, 1.54) is 22.5 Å². The predicted octanol–water partition coefficient (Wildman–Crippen LogP) is 6.18. The average Bonchev–Trinajstić information content (AvgIpc) is 3.68. The topological polar surface area (TPSA) is 114 Å². The molecule has 1 amide bonds. The smallest absolute Gasteiger partial charge is 0.282 e. The fraction of sp³-hybridized carbons (Fsp3) is 0.440. The number of carbonyl (C=O) groups is 1. The molecule has 1 N–H and O–H groups in total. The van der Waals surface area contributed by atoms with E-state index in [-0.39, 0.29) is 5.92 Å². The van der Waals surface area contributed by atoms with E-state index >= 15 is 0 Å². The summed E-state index contributed by atoms with van der Waals surface area (Å²) in [7, 11) is -3.05. The minimum atomic E-state index is -3.05. The molecule has 2 atom stereocenters. The molecule has 1 fully saturated rings. The summed E-state index contributed by atoms with van der Waals surface area (Å²) >= 11 is 7.83. The van der Waals surface area contributed by atoms with E-state index in [0.29, 0.717) is 70.0 Å². The van der Waals surface area contributed by atoms with Gasteiger partial charge in [0.15, 0.2) is 6.10 Å². The number of hydrogen-bond acceptors (Lipinski definition) is 8. The number of carbonyl (C=O) groups excluding carboxylic acids is 1. The van der Waals surface area contributed by atoms with E-state index < -0.39 is 52.5 Å². The Hall–Kier alpha value is -3.04. The molecule has 1 saturated heterocycles. The molecular weight excluding hydrogens is 608 g/mol. The molecule has 0 radical (unpaired) electrons. The Bertz CT molecular complexity index is 1590. The number of nitrogens with zero attached hydrogens (tertiary/aromatic N) is 5. The maximum absolute atomic E-state index is 13.3. The van der Waals surface area contributed by atoms with Crippen molar-refractivity contribution < 1.29 is 31.4 Å². The number of oxime groups is 1. The van der Waals surface area contributed by atoms with Gasteiger partial charge in [0, 0.05) is 47.7 Å². The first kappa shape index (κ1) is 29.5. The lowest BCUT2D eigenvalue weighted by Crippen LogP contribution is -2.40. The van der Waals surface area contributed by atoms with Gasteiger partial charge in [-0.1, -0.05) is 22.8 Å². The van der Waals surface area contributed by atoms with Crippen LogP contribution in [0, 0.1) is 4.78 Å². The minimum Gasteiger partial charge on any atom is -0.387 e. The molecule has 220 valence electrons. The number of rotatable bonds is 8. The van der Waals surface area contributed by atoms with Crippen molar-refractivity contribution in [3.63, 3.8) is 0 Å². The third-order valence-corrected chi connectivity index (χ3v) is 9.53. The summed E-state index contributed by atoms with van der Waals surface area (Å²) in [6.45, 7) is 0.173. The van der Waals surface area contributed by atoms with E-state index in [9.17, 15) is 26.6 Å². The van der Waals surface area contributed by atoms with Crippen LogP contribution >= 0.6 is 22.9 Å². The Kier molecular flexibility index (Phi) is 8.39. The van der Waals surface area contributed by atoms with Crippen molar-refractivity contribution in [2.45, 2.75) is 55.6 Å². The van der Waals surface area contributed by atoms with Crippen LogP contribution in [0.2, 0.25) is 5.02 Å². The molecule has 0 spiro atoms. The first-order valence-corrected chi connectivity index (χ1v) is 15.8. The Balaban J connectivity index is 1.20. The van der Waals surface area contributed by atoms with Crippen LogP contribution in [0.1, 0.15) is 71.8 Å². The maximum atomic E-state index is 13.3. The standard InChI is InChI=1S/C25H25ClF4N6O3S2/c1-41(31,38)20-4-2-3-14(26)22(20)19-10-15(34-39-19)17-12-40-25(32-17)13-5-7-35(8-6-13)21(37)11-36-18(24(29)30)9-16(33-36)23(27)28/h2-4,9,12-13,19,23-24,31H,5-8,10-11H2,1H3. The number of benzene rings is 1. The number of hydrogen-bond donors (Lipinski definition) is 1. The third kappa shape index (κ3) is 6.26. The zero-order valence-electron chi connectivity index (χ0n) is 21.6. The largest absolute Gasteiger partial charge is 0.387 e. The zero-order chi connectivity index (χ0) is 29.5. The normalized spacial score (nSPS) is 19.5. The fourth-order valence-electron chi connectivity index (χ4n) is 4.93. The Labute approximate surface area is 242 Å². The number of nitrogens with one attached hydrogen (secondary N) is 1. The van der Waals surface area contributed by atoms with Gasteiger partial charge in [-0.05, 0) is 31.0 Å². The second-order valence-corrected chi connectivity index (χ2v) is 13.2. The van der Waals surface area contributed by atoms with Gasteiger partial charge in [-0.2, -0.15) is 5.10 Å². The molecule has 0 saturated carbocycles. The highest BCUT2D eigenvalue weighted by atomic mass is 35.5. The van der Waals surface area contributed by atoms with Crippen LogP contribution in [0.25, 0.3) is 0 Å². The van der Waals surface area contributed by atoms with E-state index in [2.05, 4.69) is 10.3 Å². The molecule has 3 aromatic rings. The van der Waals surface area contributed by atoms with Crippen LogP contribution < -0.4 is 0 Å². The van der Waals surface area contributed by atoms with Gasteiger partial charge in [0.05, 0.1) is 25.3 Å². The lowest BCUT2D eigenvalue weighted by atomic mass is 9.97. The Morgan fingerprint density at radius 3 is 2.63 bits per heavy atom. The van der Waals surface area contributed by atoms with Gasteiger partial charge in [-0.15, -0.1) is 11.3 Å². The first-order chi connectivity index (χ1) is 19.4. The lowest BCUT2D eigenvalue weighted by Gasteiger charge is -2.31. The van der Waals surface area contributed by atoms with Gasteiger partial charge < -0.3 is 9.74 Å². The van der Waals surface area contributed by atoms with E-state index in [0.717, 1.165) is 5.01 Å². The van der Waals surface area contributed by atoms with Gasteiger partial charge in [-0.25, -0.2) is 31.5 Å². The highest BCUT2D eigenvalue weighted by Crippen LogP contribution is 2.39. The summed E-state index contributed by atoms with van der Waals surface area (Å²) in [5, 5.41) is 10.7. The van der Waals surface area contributed by atoms with Crippen molar-refractivity contribution in [3.05, 3.63) is 62.3 Å². The van der Waals surface area contributed by atoms with Crippen molar-refractivity contribution in [1.82, 2.24) is 19.7 Å². The van der Waals surface area contributed by atoms with E-state index in [1.54, 1.807) is 18.2 Å². The number of thiazole rings is 1.